The smallest absolute Gasteiger partial charge is 0.311 e. The average Bonchev–Trinajstić information content (AvgIpc) is 2.96. The van der Waals surface area contributed by atoms with Crippen molar-refractivity contribution in [3.05, 3.63) is 34.4 Å². The SMILES string of the molecule is C=Cc1cc([N+](=O)[O-])c(OC)cc1N1CCC(N2CCCOCC2)CC1. The van der Waals surface area contributed by atoms with Crippen LogP contribution >= 0.6 is 0 Å². The number of nitro groups is 1. The van der Waals surface area contributed by atoms with Gasteiger partial charge < -0.3 is 14.4 Å². The number of hydrogen-bond donors (Lipinski definition) is 0. The lowest BCUT2D eigenvalue weighted by atomic mass is 10.0. The van der Waals surface area contributed by atoms with Gasteiger partial charge >= 0.3 is 5.69 Å². The molecular weight excluding hydrogens is 334 g/mol. The molecule has 1 aromatic carbocycles. The summed E-state index contributed by atoms with van der Waals surface area (Å²) < 4.78 is 10.8. The number of hydrogen-bond acceptors (Lipinski definition) is 6. The monoisotopic (exact) mass is 361 g/mol. The number of anilines is 1. The molecule has 2 aliphatic heterocycles. The number of nitro benzene ring substituents is 1. The molecule has 0 spiro atoms. The lowest BCUT2D eigenvalue weighted by molar-refractivity contribution is -0.385. The summed E-state index contributed by atoms with van der Waals surface area (Å²) in [6.45, 7) is 9.46. The number of piperidine rings is 1. The molecule has 0 unspecified atom stereocenters. The normalized spacial score (nSPS) is 19.8. The summed E-state index contributed by atoms with van der Waals surface area (Å²) in [6.07, 6.45) is 4.94. The largest absolute Gasteiger partial charge is 0.490 e. The Morgan fingerprint density at radius 2 is 2.04 bits per heavy atom. The average molecular weight is 361 g/mol. The quantitative estimate of drug-likeness (QED) is 0.593. The highest BCUT2D eigenvalue weighted by Crippen LogP contribution is 2.37. The van der Waals surface area contributed by atoms with Gasteiger partial charge in [-0.3, -0.25) is 15.0 Å². The molecule has 2 aliphatic rings. The van der Waals surface area contributed by atoms with Crippen molar-refractivity contribution in [1.82, 2.24) is 4.90 Å². The summed E-state index contributed by atoms with van der Waals surface area (Å²) in [5.41, 5.74) is 1.71. The first kappa shape index (κ1) is 18.7. The van der Waals surface area contributed by atoms with Crippen molar-refractivity contribution < 1.29 is 14.4 Å². The van der Waals surface area contributed by atoms with Gasteiger partial charge in [-0.2, -0.15) is 0 Å². The van der Waals surface area contributed by atoms with Crippen LogP contribution in [0.25, 0.3) is 6.08 Å². The number of nitrogens with zero attached hydrogens (tertiary/aromatic N) is 3. The number of benzene rings is 1. The minimum atomic E-state index is -0.413. The molecule has 2 saturated heterocycles. The van der Waals surface area contributed by atoms with Gasteiger partial charge in [-0.15, -0.1) is 0 Å². The van der Waals surface area contributed by atoms with E-state index in [2.05, 4.69) is 16.4 Å². The number of rotatable bonds is 5. The summed E-state index contributed by atoms with van der Waals surface area (Å²) in [4.78, 5) is 15.7. The van der Waals surface area contributed by atoms with Crippen molar-refractivity contribution in [2.24, 2.45) is 0 Å². The molecule has 0 bridgehead atoms. The van der Waals surface area contributed by atoms with E-state index in [1.807, 2.05) is 0 Å². The molecule has 0 atom stereocenters. The third-order valence-electron chi connectivity index (χ3n) is 5.32. The maximum Gasteiger partial charge on any atom is 0.311 e. The van der Waals surface area contributed by atoms with Gasteiger partial charge in [0.2, 0.25) is 0 Å². The highest BCUT2D eigenvalue weighted by atomic mass is 16.6. The first-order chi connectivity index (χ1) is 12.6. The van der Waals surface area contributed by atoms with Crippen molar-refractivity contribution in [3.8, 4) is 5.75 Å². The summed E-state index contributed by atoms with van der Waals surface area (Å²) >= 11 is 0. The fourth-order valence-electron chi connectivity index (χ4n) is 3.92. The standard InChI is InChI=1S/C19H27N3O4/c1-3-15-13-18(22(23)24)19(25-2)14-17(15)21-8-5-16(6-9-21)20-7-4-11-26-12-10-20/h3,13-14,16H,1,4-12H2,2H3. The Morgan fingerprint density at radius 3 is 2.69 bits per heavy atom. The molecule has 1 aromatic rings. The Labute approximate surface area is 154 Å². The van der Waals surface area contributed by atoms with Crippen LogP contribution in [0, 0.1) is 10.1 Å². The second kappa shape index (κ2) is 8.51. The zero-order valence-corrected chi connectivity index (χ0v) is 15.4. The molecule has 0 saturated carbocycles. The van der Waals surface area contributed by atoms with Crippen LogP contribution in [0.2, 0.25) is 0 Å². The molecule has 2 heterocycles. The van der Waals surface area contributed by atoms with Gasteiger partial charge in [0.15, 0.2) is 5.75 Å². The van der Waals surface area contributed by atoms with Crippen molar-refractivity contribution in [2.75, 3.05) is 51.4 Å². The van der Waals surface area contributed by atoms with Crippen LogP contribution in [-0.4, -0.2) is 62.4 Å². The van der Waals surface area contributed by atoms with E-state index in [0.29, 0.717) is 11.8 Å². The van der Waals surface area contributed by atoms with Gasteiger partial charge in [0.1, 0.15) is 0 Å². The Hall–Kier alpha value is -2.12. The molecule has 0 aliphatic carbocycles. The van der Waals surface area contributed by atoms with Crippen LogP contribution in [-0.2, 0) is 4.74 Å². The first-order valence-electron chi connectivity index (χ1n) is 9.19. The minimum absolute atomic E-state index is 0.0226. The number of ether oxygens (including phenoxy) is 2. The van der Waals surface area contributed by atoms with E-state index in [0.717, 1.165) is 69.9 Å². The van der Waals surface area contributed by atoms with Crippen LogP contribution < -0.4 is 9.64 Å². The Kier molecular flexibility index (Phi) is 6.11. The highest BCUT2D eigenvalue weighted by molar-refractivity contribution is 5.73. The van der Waals surface area contributed by atoms with E-state index in [9.17, 15) is 10.1 Å². The van der Waals surface area contributed by atoms with E-state index < -0.39 is 4.92 Å². The van der Waals surface area contributed by atoms with Gasteiger partial charge in [0.05, 0.1) is 18.6 Å². The molecule has 2 fully saturated rings. The van der Waals surface area contributed by atoms with E-state index in [1.54, 1.807) is 18.2 Å². The molecule has 3 rings (SSSR count). The van der Waals surface area contributed by atoms with E-state index in [1.165, 1.54) is 7.11 Å². The third-order valence-corrected chi connectivity index (χ3v) is 5.32. The van der Waals surface area contributed by atoms with Gasteiger partial charge in [0, 0.05) is 62.2 Å². The Balaban J connectivity index is 1.74. The predicted octanol–water partition coefficient (Wildman–Crippen LogP) is 2.94. The predicted molar refractivity (Wildman–Crippen MR) is 102 cm³/mol. The summed E-state index contributed by atoms with van der Waals surface area (Å²) in [5.74, 6) is 0.294. The third kappa shape index (κ3) is 3.99. The molecule has 26 heavy (non-hydrogen) atoms. The Morgan fingerprint density at radius 1 is 1.27 bits per heavy atom. The topological polar surface area (TPSA) is 68.1 Å². The first-order valence-corrected chi connectivity index (χ1v) is 9.19. The van der Waals surface area contributed by atoms with Crippen molar-refractivity contribution in [2.45, 2.75) is 25.3 Å². The van der Waals surface area contributed by atoms with Crippen molar-refractivity contribution in [3.63, 3.8) is 0 Å². The molecule has 7 nitrogen and oxygen atoms in total. The second-order valence-corrected chi connectivity index (χ2v) is 6.76. The summed E-state index contributed by atoms with van der Waals surface area (Å²) in [6, 6.07) is 3.91. The fourth-order valence-corrected chi connectivity index (χ4v) is 3.92. The lowest BCUT2D eigenvalue weighted by Gasteiger charge is -2.39. The molecule has 0 amide bonds. The fraction of sp³-hybridized carbons (Fsp3) is 0.579. The number of methoxy groups -OCH3 is 1. The summed E-state index contributed by atoms with van der Waals surface area (Å²) in [5, 5.41) is 11.2. The van der Waals surface area contributed by atoms with E-state index in [-0.39, 0.29) is 5.69 Å². The van der Waals surface area contributed by atoms with Crippen LogP contribution in [0.4, 0.5) is 11.4 Å². The lowest BCUT2D eigenvalue weighted by Crippen LogP contribution is -2.46. The van der Waals surface area contributed by atoms with Crippen LogP contribution in [0.5, 0.6) is 5.75 Å². The second-order valence-electron chi connectivity index (χ2n) is 6.76. The van der Waals surface area contributed by atoms with E-state index >= 15 is 0 Å². The molecule has 7 heteroatoms. The molecule has 0 N–H and O–H groups in total. The zero-order valence-electron chi connectivity index (χ0n) is 15.4. The Bertz CT molecular complexity index is 648. The summed E-state index contributed by atoms with van der Waals surface area (Å²) in [7, 11) is 1.47. The van der Waals surface area contributed by atoms with Crippen LogP contribution in [0.15, 0.2) is 18.7 Å². The van der Waals surface area contributed by atoms with Gasteiger partial charge in [-0.25, -0.2) is 0 Å². The molecule has 0 radical (unpaired) electrons. The van der Waals surface area contributed by atoms with E-state index in [4.69, 9.17) is 9.47 Å². The minimum Gasteiger partial charge on any atom is -0.490 e. The van der Waals surface area contributed by atoms with Gasteiger partial charge in [-0.05, 0) is 19.3 Å². The van der Waals surface area contributed by atoms with Gasteiger partial charge in [0.25, 0.3) is 0 Å². The van der Waals surface area contributed by atoms with Crippen LogP contribution in [0.1, 0.15) is 24.8 Å². The van der Waals surface area contributed by atoms with Gasteiger partial charge in [-0.1, -0.05) is 12.7 Å². The van der Waals surface area contributed by atoms with Crippen LogP contribution in [0.3, 0.4) is 0 Å². The molecule has 0 aromatic heterocycles. The molecular formula is C19H27N3O4. The maximum atomic E-state index is 11.2. The maximum absolute atomic E-state index is 11.2. The zero-order chi connectivity index (χ0) is 18.5. The molecule has 142 valence electrons. The van der Waals surface area contributed by atoms with Crippen molar-refractivity contribution >= 4 is 17.5 Å². The van der Waals surface area contributed by atoms with Crippen molar-refractivity contribution in [1.29, 1.82) is 0 Å². The highest BCUT2D eigenvalue weighted by Gasteiger charge is 2.27.